The second-order valence-corrected chi connectivity index (χ2v) is 6.28. The van der Waals surface area contributed by atoms with E-state index in [9.17, 15) is 0 Å². The van der Waals surface area contributed by atoms with E-state index in [1.807, 2.05) is 31.2 Å². The Bertz CT molecular complexity index is 698. The molecule has 134 valence electrons. The summed E-state index contributed by atoms with van der Waals surface area (Å²) in [4.78, 5) is 14.1. The predicted octanol–water partition coefficient (Wildman–Crippen LogP) is 2.55. The summed E-state index contributed by atoms with van der Waals surface area (Å²) in [6.45, 7) is 10.2. The number of likely N-dealkylation sites (N-methyl/N-ethyl adjacent to an activating group) is 1. The maximum absolute atomic E-state index is 5.40. The van der Waals surface area contributed by atoms with Crippen molar-refractivity contribution >= 4 is 11.8 Å². The molecule has 1 fully saturated rings. The zero-order chi connectivity index (χ0) is 17.6. The Morgan fingerprint density at radius 3 is 2.60 bits per heavy atom. The summed E-state index contributed by atoms with van der Waals surface area (Å²) in [5, 5.41) is 3.34. The smallest absolute Gasteiger partial charge is 0.225 e. The van der Waals surface area contributed by atoms with Gasteiger partial charge in [0.2, 0.25) is 5.95 Å². The van der Waals surface area contributed by atoms with Crippen LogP contribution in [0.4, 0.5) is 11.8 Å². The summed E-state index contributed by atoms with van der Waals surface area (Å²) >= 11 is 0. The topological polar surface area (TPSA) is 53.5 Å². The molecule has 0 bridgehead atoms. The quantitative estimate of drug-likeness (QED) is 0.871. The van der Waals surface area contributed by atoms with Crippen LogP contribution in [-0.2, 0) is 6.54 Å². The number of rotatable bonds is 6. The van der Waals surface area contributed by atoms with Crippen LogP contribution < -0.4 is 15.0 Å². The van der Waals surface area contributed by atoms with E-state index in [2.05, 4.69) is 33.1 Å². The van der Waals surface area contributed by atoms with Gasteiger partial charge in [-0.25, -0.2) is 4.98 Å². The van der Waals surface area contributed by atoms with Gasteiger partial charge in [0.1, 0.15) is 11.6 Å². The molecule has 1 aliphatic rings. The number of hydrogen-bond acceptors (Lipinski definition) is 6. The van der Waals surface area contributed by atoms with E-state index >= 15 is 0 Å². The summed E-state index contributed by atoms with van der Waals surface area (Å²) in [5.74, 6) is 2.54. The van der Waals surface area contributed by atoms with Gasteiger partial charge in [0, 0.05) is 50.0 Å². The van der Waals surface area contributed by atoms with E-state index < -0.39 is 0 Å². The number of aromatic nitrogens is 2. The number of benzene rings is 1. The van der Waals surface area contributed by atoms with Crippen molar-refractivity contribution in [1.82, 2.24) is 14.9 Å². The summed E-state index contributed by atoms with van der Waals surface area (Å²) < 4.78 is 5.40. The van der Waals surface area contributed by atoms with Gasteiger partial charge in [-0.2, -0.15) is 4.98 Å². The van der Waals surface area contributed by atoms with Gasteiger partial charge in [0.05, 0.1) is 7.11 Å². The first-order valence-corrected chi connectivity index (χ1v) is 8.88. The lowest BCUT2D eigenvalue weighted by Crippen LogP contribution is -2.46. The Morgan fingerprint density at radius 1 is 1.12 bits per heavy atom. The fourth-order valence-electron chi connectivity index (χ4n) is 3.11. The molecule has 6 nitrogen and oxygen atoms in total. The number of aryl methyl sites for hydroxylation is 1. The zero-order valence-electron chi connectivity index (χ0n) is 15.3. The maximum Gasteiger partial charge on any atom is 0.225 e. The van der Waals surface area contributed by atoms with Crippen LogP contribution in [0.1, 0.15) is 18.2 Å². The molecule has 1 aromatic heterocycles. The minimum absolute atomic E-state index is 0.635. The van der Waals surface area contributed by atoms with Crippen LogP contribution in [0.3, 0.4) is 0 Å². The largest absolute Gasteiger partial charge is 0.496 e. The first-order chi connectivity index (χ1) is 12.2. The Morgan fingerprint density at radius 2 is 1.88 bits per heavy atom. The number of anilines is 2. The van der Waals surface area contributed by atoms with Crippen LogP contribution in [-0.4, -0.2) is 54.7 Å². The molecule has 2 heterocycles. The average Bonchev–Trinajstić information content (AvgIpc) is 2.66. The van der Waals surface area contributed by atoms with E-state index in [0.29, 0.717) is 12.5 Å². The van der Waals surface area contributed by atoms with Crippen molar-refractivity contribution < 1.29 is 4.74 Å². The second kappa shape index (κ2) is 8.16. The minimum atomic E-state index is 0.635. The highest BCUT2D eigenvalue weighted by molar-refractivity contribution is 5.46. The molecule has 1 aromatic carbocycles. The van der Waals surface area contributed by atoms with E-state index in [1.54, 1.807) is 7.11 Å². The standard InChI is InChI=1S/C19H27N5O/c1-4-23-9-11-24(12-10-23)18-13-15(2)21-19(22-18)20-14-16-7-5-6-8-17(16)25-3/h5-8,13H,4,9-12,14H2,1-3H3,(H,20,21,22). The van der Waals surface area contributed by atoms with Gasteiger partial charge >= 0.3 is 0 Å². The SMILES string of the molecule is CCN1CCN(c2cc(C)nc(NCc3ccccc3OC)n2)CC1. The Kier molecular flexibility index (Phi) is 5.71. The molecule has 0 saturated carbocycles. The fraction of sp³-hybridized carbons (Fsp3) is 0.474. The van der Waals surface area contributed by atoms with Gasteiger partial charge in [0.15, 0.2) is 0 Å². The Balaban J connectivity index is 1.69. The van der Waals surface area contributed by atoms with Crippen LogP contribution >= 0.6 is 0 Å². The molecule has 0 unspecified atom stereocenters. The summed E-state index contributed by atoms with van der Waals surface area (Å²) in [6.07, 6.45) is 0. The van der Waals surface area contributed by atoms with Gasteiger partial charge < -0.3 is 19.9 Å². The predicted molar refractivity (Wildman–Crippen MR) is 101 cm³/mol. The Labute approximate surface area is 149 Å². The second-order valence-electron chi connectivity index (χ2n) is 6.28. The third kappa shape index (κ3) is 4.39. The van der Waals surface area contributed by atoms with Crippen molar-refractivity contribution in [3.63, 3.8) is 0 Å². The average molecular weight is 341 g/mol. The van der Waals surface area contributed by atoms with Gasteiger partial charge in [-0.3, -0.25) is 0 Å². The fourth-order valence-corrected chi connectivity index (χ4v) is 3.11. The van der Waals surface area contributed by atoms with Crippen molar-refractivity contribution in [1.29, 1.82) is 0 Å². The molecule has 0 radical (unpaired) electrons. The van der Waals surface area contributed by atoms with Crippen LogP contribution in [0.15, 0.2) is 30.3 Å². The third-order valence-corrected chi connectivity index (χ3v) is 4.61. The van der Waals surface area contributed by atoms with E-state index in [1.165, 1.54) is 0 Å². The molecule has 2 aromatic rings. The monoisotopic (exact) mass is 341 g/mol. The molecule has 1 aliphatic heterocycles. The number of nitrogens with zero attached hydrogens (tertiary/aromatic N) is 4. The molecular formula is C19H27N5O. The summed E-state index contributed by atoms with van der Waals surface area (Å²) in [5.41, 5.74) is 2.07. The van der Waals surface area contributed by atoms with Crippen molar-refractivity contribution in [3.8, 4) is 5.75 Å². The van der Waals surface area contributed by atoms with Crippen molar-refractivity contribution in [2.45, 2.75) is 20.4 Å². The minimum Gasteiger partial charge on any atom is -0.496 e. The van der Waals surface area contributed by atoms with Crippen molar-refractivity contribution in [3.05, 3.63) is 41.6 Å². The molecular weight excluding hydrogens is 314 g/mol. The van der Waals surface area contributed by atoms with E-state index in [4.69, 9.17) is 9.72 Å². The van der Waals surface area contributed by atoms with Gasteiger partial charge in [-0.05, 0) is 19.5 Å². The van der Waals surface area contributed by atoms with Gasteiger partial charge in [-0.1, -0.05) is 25.1 Å². The number of nitrogens with one attached hydrogen (secondary N) is 1. The maximum atomic E-state index is 5.40. The lowest BCUT2D eigenvalue weighted by atomic mass is 10.2. The number of piperazine rings is 1. The van der Waals surface area contributed by atoms with Crippen LogP contribution in [0.2, 0.25) is 0 Å². The number of methoxy groups -OCH3 is 1. The van der Waals surface area contributed by atoms with Gasteiger partial charge in [0.25, 0.3) is 0 Å². The molecule has 0 atom stereocenters. The Hall–Kier alpha value is -2.34. The summed E-state index contributed by atoms with van der Waals surface area (Å²) in [7, 11) is 1.69. The molecule has 1 N–H and O–H groups in total. The third-order valence-electron chi connectivity index (χ3n) is 4.61. The highest BCUT2D eigenvalue weighted by Crippen LogP contribution is 2.20. The number of para-hydroxylation sites is 1. The highest BCUT2D eigenvalue weighted by atomic mass is 16.5. The molecule has 0 aliphatic carbocycles. The lowest BCUT2D eigenvalue weighted by Gasteiger charge is -2.34. The van der Waals surface area contributed by atoms with Crippen LogP contribution in [0.5, 0.6) is 5.75 Å². The number of ether oxygens (including phenoxy) is 1. The molecule has 0 spiro atoms. The molecule has 6 heteroatoms. The number of hydrogen-bond donors (Lipinski definition) is 1. The molecule has 0 amide bonds. The van der Waals surface area contributed by atoms with Crippen LogP contribution in [0, 0.1) is 6.92 Å². The van der Waals surface area contributed by atoms with E-state index in [-0.39, 0.29) is 0 Å². The lowest BCUT2D eigenvalue weighted by molar-refractivity contribution is 0.270. The normalized spacial score (nSPS) is 15.2. The zero-order valence-corrected chi connectivity index (χ0v) is 15.3. The summed E-state index contributed by atoms with van der Waals surface area (Å²) in [6, 6.07) is 10.1. The van der Waals surface area contributed by atoms with Crippen LogP contribution in [0.25, 0.3) is 0 Å². The molecule has 1 saturated heterocycles. The molecule has 25 heavy (non-hydrogen) atoms. The van der Waals surface area contributed by atoms with Gasteiger partial charge in [-0.15, -0.1) is 0 Å². The molecule has 3 rings (SSSR count). The van der Waals surface area contributed by atoms with Crippen molar-refractivity contribution in [2.75, 3.05) is 50.1 Å². The first-order valence-electron chi connectivity index (χ1n) is 8.88. The highest BCUT2D eigenvalue weighted by Gasteiger charge is 2.17. The van der Waals surface area contributed by atoms with Crippen molar-refractivity contribution in [2.24, 2.45) is 0 Å². The van der Waals surface area contributed by atoms with E-state index in [0.717, 1.165) is 55.5 Å². The first kappa shape index (κ1) is 17.5.